The van der Waals surface area contributed by atoms with E-state index in [1.807, 2.05) is 72.2 Å². The van der Waals surface area contributed by atoms with Gasteiger partial charge in [-0.1, -0.05) is 66.4 Å². The molecule has 0 saturated carbocycles. The van der Waals surface area contributed by atoms with E-state index in [9.17, 15) is 17.6 Å². The van der Waals surface area contributed by atoms with Crippen LogP contribution in [0.3, 0.4) is 0 Å². The summed E-state index contributed by atoms with van der Waals surface area (Å²) in [6.45, 7) is 2.38. The topological polar surface area (TPSA) is 43.6 Å². The van der Waals surface area contributed by atoms with E-state index in [4.69, 9.17) is 4.98 Å². The van der Waals surface area contributed by atoms with E-state index < -0.39 is 23.1 Å². The zero-order valence-electron chi connectivity index (χ0n) is 19.1. The molecule has 2 heterocycles. The van der Waals surface area contributed by atoms with E-state index in [2.05, 4.69) is 10.2 Å². The summed E-state index contributed by atoms with van der Waals surface area (Å²) in [4.78, 5) is 4.80. The molecule has 9 heteroatoms. The largest absolute Gasteiger partial charge is 0.416 e. The Balaban J connectivity index is 1.57. The molecule has 0 spiro atoms. The second-order valence-corrected chi connectivity index (χ2v) is 8.98. The van der Waals surface area contributed by atoms with E-state index >= 15 is 0 Å². The summed E-state index contributed by atoms with van der Waals surface area (Å²) in [5.41, 5.74) is 1.93. The van der Waals surface area contributed by atoms with Crippen molar-refractivity contribution in [3.8, 4) is 22.6 Å². The van der Waals surface area contributed by atoms with Gasteiger partial charge in [-0.2, -0.15) is 13.2 Å². The summed E-state index contributed by atoms with van der Waals surface area (Å²) >= 11 is 1.02. The smallest absolute Gasteiger partial charge is 0.302 e. The van der Waals surface area contributed by atoms with Gasteiger partial charge in [-0.05, 0) is 31.2 Å². The Morgan fingerprint density at radius 1 is 0.889 bits per heavy atom. The van der Waals surface area contributed by atoms with Crippen LogP contribution in [-0.2, 0) is 18.5 Å². The van der Waals surface area contributed by atoms with Crippen molar-refractivity contribution in [1.29, 1.82) is 0 Å². The van der Waals surface area contributed by atoms with Gasteiger partial charge in [-0.3, -0.25) is 0 Å². The standard InChI is InChI=1S/C27H20F4N4S/c1-2-35-25(33-34-26(35)36-16-20-21(27(29,30)31)12-8-13-22(20)28)19-15-24(17-9-4-3-5-10-17)32-23-14-7-6-11-18(19)23/h3-15H,2,16H2,1H3. The third-order valence-corrected chi connectivity index (χ3v) is 6.82. The number of aromatic nitrogens is 4. The number of hydrogen-bond acceptors (Lipinski definition) is 4. The highest BCUT2D eigenvalue weighted by Gasteiger charge is 2.34. The van der Waals surface area contributed by atoms with Gasteiger partial charge in [0.1, 0.15) is 5.82 Å². The highest BCUT2D eigenvalue weighted by atomic mass is 32.2. The Kier molecular flexibility index (Phi) is 6.49. The van der Waals surface area contributed by atoms with E-state index in [0.717, 1.165) is 57.7 Å². The number of alkyl halides is 3. The molecule has 0 aliphatic carbocycles. The van der Waals surface area contributed by atoms with Crippen molar-refractivity contribution in [2.75, 3.05) is 0 Å². The Morgan fingerprint density at radius 2 is 1.64 bits per heavy atom. The molecule has 0 fully saturated rings. The molecule has 0 aliphatic heterocycles. The monoisotopic (exact) mass is 508 g/mol. The predicted octanol–water partition coefficient (Wildman–Crippen LogP) is 7.63. The number of rotatable bonds is 6. The van der Waals surface area contributed by atoms with Crippen molar-refractivity contribution in [2.24, 2.45) is 0 Å². The molecule has 0 amide bonds. The quantitative estimate of drug-likeness (QED) is 0.175. The van der Waals surface area contributed by atoms with Crippen molar-refractivity contribution >= 4 is 22.7 Å². The molecule has 0 atom stereocenters. The number of para-hydroxylation sites is 1. The van der Waals surface area contributed by atoms with Gasteiger partial charge in [0.2, 0.25) is 0 Å². The molecule has 182 valence electrons. The lowest BCUT2D eigenvalue weighted by Crippen LogP contribution is -2.10. The summed E-state index contributed by atoms with van der Waals surface area (Å²) in [7, 11) is 0. The first-order chi connectivity index (χ1) is 17.4. The highest BCUT2D eigenvalue weighted by Crippen LogP contribution is 2.37. The number of hydrogen-bond donors (Lipinski definition) is 0. The first kappa shape index (κ1) is 24.0. The Hall–Kier alpha value is -3.72. The number of pyridine rings is 1. The van der Waals surface area contributed by atoms with Crippen molar-refractivity contribution in [1.82, 2.24) is 19.7 Å². The van der Waals surface area contributed by atoms with Gasteiger partial charge in [-0.25, -0.2) is 9.37 Å². The molecule has 0 saturated heterocycles. The second-order valence-electron chi connectivity index (χ2n) is 8.04. The van der Waals surface area contributed by atoms with Crippen LogP contribution in [-0.4, -0.2) is 19.7 Å². The lowest BCUT2D eigenvalue weighted by atomic mass is 10.0. The molecule has 0 bridgehead atoms. The maximum Gasteiger partial charge on any atom is 0.416 e. The second kappa shape index (κ2) is 9.73. The van der Waals surface area contributed by atoms with Crippen LogP contribution in [0, 0.1) is 5.82 Å². The highest BCUT2D eigenvalue weighted by molar-refractivity contribution is 7.98. The molecule has 36 heavy (non-hydrogen) atoms. The predicted molar refractivity (Wildman–Crippen MR) is 133 cm³/mol. The van der Waals surface area contributed by atoms with Crippen molar-refractivity contribution < 1.29 is 17.6 Å². The number of nitrogens with zero attached hydrogens (tertiary/aromatic N) is 4. The summed E-state index contributed by atoms with van der Waals surface area (Å²) in [5.74, 6) is -0.556. The van der Waals surface area contributed by atoms with E-state index in [1.165, 1.54) is 0 Å². The van der Waals surface area contributed by atoms with E-state index in [-0.39, 0.29) is 5.75 Å². The molecule has 5 aromatic rings. The van der Waals surface area contributed by atoms with Crippen LogP contribution in [0.25, 0.3) is 33.5 Å². The van der Waals surface area contributed by atoms with Gasteiger partial charge < -0.3 is 4.57 Å². The number of benzene rings is 3. The molecule has 0 radical (unpaired) electrons. The summed E-state index contributed by atoms with van der Waals surface area (Å²) in [6, 6.07) is 22.4. The van der Waals surface area contributed by atoms with Gasteiger partial charge in [0, 0.05) is 34.4 Å². The van der Waals surface area contributed by atoms with Crippen LogP contribution in [0.4, 0.5) is 17.6 Å². The first-order valence-electron chi connectivity index (χ1n) is 11.2. The van der Waals surface area contributed by atoms with Gasteiger partial charge in [0.25, 0.3) is 0 Å². The van der Waals surface area contributed by atoms with Gasteiger partial charge in [0.05, 0.1) is 16.8 Å². The number of fused-ring (bicyclic) bond motifs is 1. The minimum absolute atomic E-state index is 0.230. The third-order valence-electron chi connectivity index (χ3n) is 5.83. The molecule has 5 rings (SSSR count). The fourth-order valence-corrected chi connectivity index (χ4v) is 5.14. The lowest BCUT2D eigenvalue weighted by Gasteiger charge is -2.14. The van der Waals surface area contributed by atoms with Crippen LogP contribution >= 0.6 is 11.8 Å². The van der Waals surface area contributed by atoms with Crippen LogP contribution in [0.1, 0.15) is 18.1 Å². The first-order valence-corrected chi connectivity index (χ1v) is 12.2. The number of halogens is 4. The molecule has 0 unspecified atom stereocenters. The van der Waals surface area contributed by atoms with Gasteiger partial charge >= 0.3 is 6.18 Å². The van der Waals surface area contributed by atoms with Gasteiger partial charge in [-0.15, -0.1) is 10.2 Å². The molecule has 0 N–H and O–H groups in total. The lowest BCUT2D eigenvalue weighted by molar-refractivity contribution is -0.138. The Morgan fingerprint density at radius 3 is 2.39 bits per heavy atom. The number of thioether (sulfide) groups is 1. The molecule has 0 aliphatic rings. The summed E-state index contributed by atoms with van der Waals surface area (Å²) in [5, 5.41) is 9.94. The zero-order chi connectivity index (χ0) is 25.3. The van der Waals surface area contributed by atoms with E-state index in [0.29, 0.717) is 17.5 Å². The average Bonchev–Trinajstić information content (AvgIpc) is 3.29. The molecule has 3 aromatic carbocycles. The molecular weight excluding hydrogens is 488 g/mol. The SMILES string of the molecule is CCn1c(SCc2c(F)cccc2C(F)(F)F)nnc1-c1cc(-c2ccccc2)nc2ccccc12. The van der Waals surface area contributed by atoms with Crippen molar-refractivity contribution in [2.45, 2.75) is 30.6 Å². The third kappa shape index (κ3) is 4.58. The van der Waals surface area contributed by atoms with Crippen LogP contribution in [0.2, 0.25) is 0 Å². The van der Waals surface area contributed by atoms with E-state index in [1.54, 1.807) is 0 Å². The summed E-state index contributed by atoms with van der Waals surface area (Å²) < 4.78 is 56.5. The fourth-order valence-electron chi connectivity index (χ4n) is 4.10. The zero-order valence-corrected chi connectivity index (χ0v) is 19.9. The Bertz CT molecular complexity index is 1530. The molecule has 4 nitrogen and oxygen atoms in total. The minimum atomic E-state index is -4.65. The molecule has 2 aromatic heterocycles. The minimum Gasteiger partial charge on any atom is -0.302 e. The van der Waals surface area contributed by atoms with Crippen LogP contribution < -0.4 is 0 Å². The molecular formula is C27H20F4N4S. The van der Waals surface area contributed by atoms with Crippen molar-refractivity contribution in [3.05, 3.63) is 95.8 Å². The maximum atomic E-state index is 14.4. The van der Waals surface area contributed by atoms with Crippen LogP contribution in [0.5, 0.6) is 0 Å². The fraction of sp³-hybridized carbons (Fsp3) is 0.148. The van der Waals surface area contributed by atoms with Crippen molar-refractivity contribution in [3.63, 3.8) is 0 Å². The maximum absolute atomic E-state index is 14.4. The van der Waals surface area contributed by atoms with Crippen LogP contribution in [0.15, 0.2) is 84.0 Å². The summed E-state index contributed by atoms with van der Waals surface area (Å²) in [6.07, 6.45) is -4.65. The Labute approximate surface area is 209 Å². The normalized spacial score (nSPS) is 11.8. The van der Waals surface area contributed by atoms with Gasteiger partial charge in [0.15, 0.2) is 11.0 Å². The average molecular weight is 509 g/mol.